The molecule has 6 heteroatoms. The smallest absolute Gasteiger partial charge is 0.274 e. The fourth-order valence-corrected chi connectivity index (χ4v) is 3.11. The average molecular weight is 352 g/mol. The minimum Gasteiger partial charge on any atom is -0.356 e. The lowest BCUT2D eigenvalue weighted by molar-refractivity contribution is 0.101. The minimum atomic E-state index is -0.276. The van der Waals surface area contributed by atoms with Gasteiger partial charge in [-0.1, -0.05) is 12.8 Å². The number of nitrogens with one attached hydrogen (secondary N) is 1. The van der Waals surface area contributed by atoms with E-state index in [1.165, 1.54) is 19.8 Å². The van der Waals surface area contributed by atoms with Gasteiger partial charge in [0.25, 0.3) is 5.91 Å². The lowest BCUT2D eigenvalue weighted by atomic mass is 10.1. The number of Topliss-reactive ketones (excluding diaryl/α,β-unsaturated/α-hetero) is 1. The van der Waals surface area contributed by atoms with Crippen LogP contribution in [0, 0.1) is 6.92 Å². The molecule has 6 nitrogen and oxygen atoms in total. The normalized spacial score (nSPS) is 14.6. The van der Waals surface area contributed by atoms with E-state index in [9.17, 15) is 9.59 Å². The maximum Gasteiger partial charge on any atom is 0.274 e. The molecule has 2 heterocycles. The zero-order chi connectivity index (χ0) is 18.5. The number of carbonyl (C=O) groups excluding carboxylic acids is 2. The molecule has 1 aromatic carbocycles. The van der Waals surface area contributed by atoms with Crippen molar-refractivity contribution in [3.63, 3.8) is 0 Å². The molecule has 0 saturated carbocycles. The molecule has 0 unspecified atom stereocenters. The Balaban J connectivity index is 1.77. The van der Waals surface area contributed by atoms with Gasteiger partial charge < -0.3 is 10.2 Å². The molecule has 3 rings (SSSR count). The van der Waals surface area contributed by atoms with E-state index in [0.29, 0.717) is 22.8 Å². The number of ketones is 1. The zero-order valence-corrected chi connectivity index (χ0v) is 15.3. The maximum absolute atomic E-state index is 12.6. The molecule has 1 amide bonds. The van der Waals surface area contributed by atoms with Crippen LogP contribution in [-0.4, -0.2) is 34.7 Å². The average Bonchev–Trinajstić information content (AvgIpc) is 2.91. The Morgan fingerprint density at radius 3 is 2.27 bits per heavy atom. The van der Waals surface area contributed by atoms with Crippen LogP contribution in [-0.2, 0) is 0 Å². The van der Waals surface area contributed by atoms with Crippen molar-refractivity contribution in [3.05, 3.63) is 47.4 Å². The Labute approximate surface area is 153 Å². The number of rotatable bonds is 4. The molecule has 1 saturated heterocycles. The molecule has 0 radical (unpaired) electrons. The molecule has 1 fully saturated rings. The van der Waals surface area contributed by atoms with E-state index in [1.54, 1.807) is 37.3 Å². The number of aromatic nitrogens is 2. The van der Waals surface area contributed by atoms with Gasteiger partial charge in [0.1, 0.15) is 17.3 Å². The predicted octanol–water partition coefficient (Wildman–Crippen LogP) is 3.62. The number of nitrogens with zero attached hydrogens (tertiary/aromatic N) is 3. The third-order valence-corrected chi connectivity index (χ3v) is 4.54. The standard InChI is InChI=1S/C20H24N4O2/c1-14(25)16-7-9-17(10-8-16)23-20(26)18-13-19(22-15(2)21-18)24-11-5-3-4-6-12-24/h7-10,13H,3-6,11-12H2,1-2H3,(H,23,26). The van der Waals surface area contributed by atoms with Crippen molar-refractivity contribution in [2.24, 2.45) is 0 Å². The summed E-state index contributed by atoms with van der Waals surface area (Å²) in [6.45, 7) is 5.25. The summed E-state index contributed by atoms with van der Waals surface area (Å²) in [4.78, 5) is 35.0. The summed E-state index contributed by atoms with van der Waals surface area (Å²) >= 11 is 0. The second-order valence-corrected chi connectivity index (χ2v) is 6.65. The summed E-state index contributed by atoms with van der Waals surface area (Å²) in [5, 5.41) is 2.84. The topological polar surface area (TPSA) is 75.2 Å². The first-order chi connectivity index (χ1) is 12.5. The third kappa shape index (κ3) is 4.45. The van der Waals surface area contributed by atoms with Crippen LogP contribution in [0.1, 0.15) is 59.3 Å². The Morgan fingerprint density at radius 2 is 1.65 bits per heavy atom. The summed E-state index contributed by atoms with van der Waals surface area (Å²) in [6.07, 6.45) is 4.77. The van der Waals surface area contributed by atoms with E-state index in [-0.39, 0.29) is 11.7 Å². The van der Waals surface area contributed by atoms with E-state index in [0.717, 1.165) is 31.7 Å². The fraction of sp³-hybridized carbons (Fsp3) is 0.400. The van der Waals surface area contributed by atoms with Crippen molar-refractivity contribution in [1.29, 1.82) is 0 Å². The summed E-state index contributed by atoms with van der Waals surface area (Å²) in [7, 11) is 0. The molecule has 0 atom stereocenters. The second-order valence-electron chi connectivity index (χ2n) is 6.65. The Hall–Kier alpha value is -2.76. The number of hydrogen-bond donors (Lipinski definition) is 1. The lowest BCUT2D eigenvalue weighted by Gasteiger charge is -2.22. The van der Waals surface area contributed by atoms with Crippen LogP contribution in [0.4, 0.5) is 11.5 Å². The molecule has 1 N–H and O–H groups in total. The first-order valence-electron chi connectivity index (χ1n) is 9.06. The molecule has 1 aromatic heterocycles. The quantitative estimate of drug-likeness (QED) is 0.851. The summed E-state index contributed by atoms with van der Waals surface area (Å²) in [5.74, 6) is 1.12. The molecular formula is C20H24N4O2. The second kappa shape index (κ2) is 8.08. The monoisotopic (exact) mass is 352 g/mol. The number of anilines is 2. The lowest BCUT2D eigenvalue weighted by Crippen LogP contribution is -2.26. The van der Waals surface area contributed by atoms with E-state index < -0.39 is 0 Å². The molecule has 0 aliphatic carbocycles. The van der Waals surface area contributed by atoms with E-state index in [2.05, 4.69) is 20.2 Å². The molecule has 2 aromatic rings. The summed E-state index contributed by atoms with van der Waals surface area (Å²) < 4.78 is 0. The van der Waals surface area contributed by atoms with Gasteiger partial charge in [-0.2, -0.15) is 0 Å². The van der Waals surface area contributed by atoms with Gasteiger partial charge in [-0.05, 0) is 51.0 Å². The van der Waals surface area contributed by atoms with Crippen LogP contribution in [0.25, 0.3) is 0 Å². The fourth-order valence-electron chi connectivity index (χ4n) is 3.11. The molecule has 1 aliphatic heterocycles. The maximum atomic E-state index is 12.6. The van der Waals surface area contributed by atoms with Crippen LogP contribution < -0.4 is 10.2 Å². The van der Waals surface area contributed by atoms with E-state index in [1.807, 2.05) is 0 Å². The number of aryl methyl sites for hydroxylation is 1. The predicted molar refractivity (Wildman–Crippen MR) is 102 cm³/mol. The zero-order valence-electron chi connectivity index (χ0n) is 15.3. The minimum absolute atomic E-state index is 0.00334. The Kier molecular flexibility index (Phi) is 5.61. The Morgan fingerprint density at radius 1 is 1.00 bits per heavy atom. The largest absolute Gasteiger partial charge is 0.356 e. The van der Waals surface area contributed by atoms with Crippen molar-refractivity contribution >= 4 is 23.2 Å². The van der Waals surface area contributed by atoms with Crippen LogP contribution in [0.15, 0.2) is 30.3 Å². The highest BCUT2D eigenvalue weighted by atomic mass is 16.2. The molecule has 0 bridgehead atoms. The van der Waals surface area contributed by atoms with Gasteiger partial charge in [-0.3, -0.25) is 9.59 Å². The molecule has 26 heavy (non-hydrogen) atoms. The van der Waals surface area contributed by atoms with Gasteiger partial charge in [0.05, 0.1) is 0 Å². The van der Waals surface area contributed by atoms with Crippen molar-refractivity contribution < 1.29 is 9.59 Å². The number of amides is 1. The van der Waals surface area contributed by atoms with Crippen molar-refractivity contribution in [2.75, 3.05) is 23.3 Å². The first kappa shape index (κ1) is 18.0. The van der Waals surface area contributed by atoms with Gasteiger partial charge >= 0.3 is 0 Å². The van der Waals surface area contributed by atoms with Gasteiger partial charge in [0.15, 0.2) is 5.78 Å². The van der Waals surface area contributed by atoms with Crippen molar-refractivity contribution in [1.82, 2.24) is 9.97 Å². The van der Waals surface area contributed by atoms with E-state index in [4.69, 9.17) is 0 Å². The summed E-state index contributed by atoms with van der Waals surface area (Å²) in [6, 6.07) is 8.60. The number of carbonyl (C=O) groups is 2. The van der Waals surface area contributed by atoms with Gasteiger partial charge in [0.2, 0.25) is 0 Å². The highest BCUT2D eigenvalue weighted by Gasteiger charge is 2.16. The molecule has 1 aliphatic rings. The van der Waals surface area contributed by atoms with Crippen LogP contribution in [0.2, 0.25) is 0 Å². The number of hydrogen-bond acceptors (Lipinski definition) is 5. The molecule has 0 spiro atoms. The molecule has 136 valence electrons. The number of benzene rings is 1. The Bertz CT molecular complexity index is 794. The van der Waals surface area contributed by atoms with Gasteiger partial charge in [-0.15, -0.1) is 0 Å². The highest BCUT2D eigenvalue weighted by molar-refractivity contribution is 6.03. The highest BCUT2D eigenvalue weighted by Crippen LogP contribution is 2.19. The van der Waals surface area contributed by atoms with Crippen molar-refractivity contribution in [3.8, 4) is 0 Å². The summed E-state index contributed by atoms with van der Waals surface area (Å²) in [5.41, 5.74) is 1.60. The van der Waals surface area contributed by atoms with Crippen LogP contribution in [0.5, 0.6) is 0 Å². The van der Waals surface area contributed by atoms with Crippen molar-refractivity contribution in [2.45, 2.75) is 39.5 Å². The van der Waals surface area contributed by atoms with E-state index >= 15 is 0 Å². The van der Waals surface area contributed by atoms with Gasteiger partial charge in [0, 0.05) is 30.4 Å². The molecular weight excluding hydrogens is 328 g/mol. The van der Waals surface area contributed by atoms with Gasteiger partial charge in [-0.25, -0.2) is 9.97 Å². The van der Waals surface area contributed by atoms with Crippen LogP contribution >= 0.6 is 0 Å². The third-order valence-electron chi connectivity index (χ3n) is 4.54. The first-order valence-corrected chi connectivity index (χ1v) is 9.06. The SMILES string of the molecule is CC(=O)c1ccc(NC(=O)c2cc(N3CCCCCC3)nc(C)n2)cc1. The van der Waals surface area contributed by atoms with Crippen LogP contribution in [0.3, 0.4) is 0 Å².